The third kappa shape index (κ3) is 9.83. The molecule has 0 amide bonds. The van der Waals surface area contributed by atoms with E-state index in [0.717, 1.165) is 17.0 Å². The first-order valence-electron chi connectivity index (χ1n) is 13.3. The van der Waals surface area contributed by atoms with Crippen LogP contribution in [0.5, 0.6) is 0 Å². The van der Waals surface area contributed by atoms with E-state index in [9.17, 15) is 8.78 Å². The fourth-order valence-electron chi connectivity index (χ4n) is 5.05. The Labute approximate surface area is 210 Å². The Kier molecular flexibility index (Phi) is 12.0. The van der Waals surface area contributed by atoms with E-state index in [4.69, 9.17) is 0 Å². The molecule has 1 saturated carbocycles. The van der Waals surface area contributed by atoms with Crippen LogP contribution in [0.3, 0.4) is 0 Å². The van der Waals surface area contributed by atoms with Crippen molar-refractivity contribution < 1.29 is 8.78 Å². The normalized spacial score (nSPS) is 18.0. The van der Waals surface area contributed by atoms with Crippen molar-refractivity contribution in [2.24, 2.45) is 5.92 Å². The zero-order valence-electron chi connectivity index (χ0n) is 20.7. The van der Waals surface area contributed by atoms with E-state index in [0.29, 0.717) is 22.6 Å². The van der Waals surface area contributed by atoms with E-state index in [2.05, 4.69) is 43.0 Å². The lowest BCUT2D eigenvalue weighted by molar-refractivity contribution is 0.252. The lowest BCUT2D eigenvalue weighted by atomic mass is 9.77. The summed E-state index contributed by atoms with van der Waals surface area (Å²) >= 11 is 0.564. The van der Waals surface area contributed by atoms with Gasteiger partial charge in [0, 0.05) is 16.0 Å². The number of unbranched alkanes of at least 4 members (excludes halogenated alkanes) is 7. The van der Waals surface area contributed by atoms with Gasteiger partial charge in [0.05, 0.1) is 0 Å². The van der Waals surface area contributed by atoms with Gasteiger partial charge >= 0.3 is 0 Å². The Morgan fingerprint density at radius 2 is 1.26 bits per heavy atom. The van der Waals surface area contributed by atoms with E-state index in [1.54, 1.807) is 24.3 Å². The molecule has 184 valence electrons. The second kappa shape index (κ2) is 15.3. The van der Waals surface area contributed by atoms with Crippen LogP contribution in [-0.2, 0) is 0 Å². The Balaban J connectivity index is 1.36. The molecular weight excluding hydrogens is 442 g/mol. The summed E-state index contributed by atoms with van der Waals surface area (Å²) in [6.07, 6.45) is 18.1. The first kappa shape index (κ1) is 26.8. The Morgan fingerprint density at radius 3 is 1.82 bits per heavy atom. The van der Waals surface area contributed by atoms with Crippen LogP contribution in [0.4, 0.5) is 8.78 Å². The minimum Gasteiger partial charge on any atom is -0.198 e. The monoisotopic (exact) mass is 482 g/mol. The van der Waals surface area contributed by atoms with Gasteiger partial charge in [0.1, 0.15) is 0 Å². The molecule has 1 aliphatic carbocycles. The maximum Gasteiger partial charge on any atom is 0.288 e. The van der Waals surface area contributed by atoms with Crippen molar-refractivity contribution in [3.05, 3.63) is 65.2 Å². The third-order valence-electron chi connectivity index (χ3n) is 7.13. The molecule has 0 heterocycles. The highest BCUT2D eigenvalue weighted by Crippen LogP contribution is 2.37. The van der Waals surface area contributed by atoms with Crippen LogP contribution in [0.1, 0.15) is 113 Å². The number of hydrogen-bond donors (Lipinski definition) is 0. The van der Waals surface area contributed by atoms with Gasteiger partial charge in [-0.15, -0.1) is 0 Å². The minimum absolute atomic E-state index is 0.564. The average molecular weight is 483 g/mol. The molecule has 0 N–H and O–H groups in total. The van der Waals surface area contributed by atoms with Gasteiger partial charge in [0.25, 0.3) is 5.76 Å². The summed E-state index contributed by atoms with van der Waals surface area (Å²) in [5.74, 6) is 5.58. The lowest BCUT2D eigenvalue weighted by Crippen LogP contribution is -2.13. The van der Waals surface area contributed by atoms with Crippen molar-refractivity contribution in [2.45, 2.75) is 107 Å². The summed E-state index contributed by atoms with van der Waals surface area (Å²) < 4.78 is 24.9. The molecule has 0 aliphatic heterocycles. The van der Waals surface area contributed by atoms with Crippen LogP contribution >= 0.6 is 11.8 Å². The van der Waals surface area contributed by atoms with Gasteiger partial charge in [-0.3, -0.25) is 0 Å². The molecule has 34 heavy (non-hydrogen) atoms. The van der Waals surface area contributed by atoms with Crippen LogP contribution in [0.2, 0.25) is 0 Å². The molecule has 1 aliphatic rings. The molecule has 0 saturated heterocycles. The van der Waals surface area contributed by atoms with Crippen LogP contribution in [-0.4, -0.2) is 5.76 Å². The molecule has 0 atom stereocenters. The predicted molar refractivity (Wildman–Crippen MR) is 143 cm³/mol. The van der Waals surface area contributed by atoms with Gasteiger partial charge in [0.15, 0.2) is 0 Å². The molecule has 2 aromatic rings. The fraction of sp³-hybridized carbons (Fsp3) is 0.548. The lowest BCUT2D eigenvalue weighted by Gasteiger charge is -2.29. The van der Waals surface area contributed by atoms with Crippen molar-refractivity contribution in [1.29, 1.82) is 0 Å². The van der Waals surface area contributed by atoms with Crippen molar-refractivity contribution in [2.75, 3.05) is 0 Å². The van der Waals surface area contributed by atoms with Crippen LogP contribution < -0.4 is 0 Å². The maximum atomic E-state index is 12.4. The Hall–Kier alpha value is -1.79. The molecule has 0 bridgehead atoms. The van der Waals surface area contributed by atoms with Crippen molar-refractivity contribution in [3.8, 4) is 11.8 Å². The van der Waals surface area contributed by atoms with Crippen LogP contribution in [0.25, 0.3) is 0 Å². The second-order valence-corrected chi connectivity index (χ2v) is 10.8. The fourth-order valence-corrected chi connectivity index (χ4v) is 5.55. The van der Waals surface area contributed by atoms with E-state index in [1.807, 2.05) is 0 Å². The van der Waals surface area contributed by atoms with Gasteiger partial charge in [-0.2, -0.15) is 8.78 Å². The van der Waals surface area contributed by atoms with Crippen LogP contribution in [0.15, 0.2) is 53.4 Å². The quantitative estimate of drug-likeness (QED) is 0.165. The maximum absolute atomic E-state index is 12.4. The molecule has 0 spiro atoms. The van der Waals surface area contributed by atoms with Gasteiger partial charge in [-0.25, -0.2) is 0 Å². The summed E-state index contributed by atoms with van der Waals surface area (Å²) in [7, 11) is 0. The minimum atomic E-state index is -2.39. The third-order valence-corrected chi connectivity index (χ3v) is 7.85. The van der Waals surface area contributed by atoms with E-state index in [1.165, 1.54) is 89.0 Å². The summed E-state index contributed by atoms with van der Waals surface area (Å²) in [6.45, 7) is 2.28. The van der Waals surface area contributed by atoms with E-state index < -0.39 is 5.76 Å². The molecule has 3 rings (SSSR count). The molecule has 0 nitrogen and oxygen atoms in total. The van der Waals surface area contributed by atoms with Crippen LogP contribution in [0, 0.1) is 17.8 Å². The SMILES string of the molecule is CCCCCCCCCCC1CCC(c2ccc(C#Cc3ccc(SC(F)F)cc3)cc2)CC1. The highest BCUT2D eigenvalue weighted by atomic mass is 32.2. The summed E-state index contributed by atoms with van der Waals surface area (Å²) in [6, 6.07) is 15.7. The number of benzene rings is 2. The zero-order valence-corrected chi connectivity index (χ0v) is 21.5. The molecule has 3 heteroatoms. The summed E-state index contributed by atoms with van der Waals surface area (Å²) in [4.78, 5) is 0.567. The Bertz CT molecular complexity index is 868. The molecule has 1 fully saturated rings. The predicted octanol–water partition coefficient (Wildman–Crippen LogP) is 10.2. The smallest absolute Gasteiger partial charge is 0.198 e. The molecule has 0 aromatic heterocycles. The standard InChI is InChI=1S/C31H40F2S/c1-2-3-4-5-6-7-8-9-10-25-13-19-28(20-14-25)29-21-15-26(16-22-29)11-12-27-17-23-30(24-18-27)34-31(32)33/h15-18,21-25,28,31H,2-10,13-14,19-20H2,1H3. The van der Waals surface area contributed by atoms with Gasteiger partial charge in [-0.05, 0) is 79.5 Å². The Morgan fingerprint density at radius 1 is 0.735 bits per heavy atom. The van der Waals surface area contributed by atoms with E-state index >= 15 is 0 Å². The van der Waals surface area contributed by atoms with Crippen molar-refractivity contribution in [3.63, 3.8) is 0 Å². The first-order valence-corrected chi connectivity index (χ1v) is 14.2. The average Bonchev–Trinajstić information content (AvgIpc) is 2.86. The number of rotatable bonds is 12. The number of hydrogen-bond acceptors (Lipinski definition) is 1. The summed E-state index contributed by atoms with van der Waals surface area (Å²) in [5.41, 5.74) is 3.29. The zero-order chi connectivity index (χ0) is 24.0. The summed E-state index contributed by atoms with van der Waals surface area (Å²) in [5, 5.41) is 0. The molecule has 0 radical (unpaired) electrons. The molecule has 0 unspecified atom stereocenters. The molecule has 2 aromatic carbocycles. The van der Waals surface area contributed by atoms with Gasteiger partial charge < -0.3 is 0 Å². The topological polar surface area (TPSA) is 0 Å². The second-order valence-electron chi connectivity index (χ2n) is 9.76. The number of alkyl halides is 2. The highest BCUT2D eigenvalue weighted by molar-refractivity contribution is 7.99. The van der Waals surface area contributed by atoms with E-state index in [-0.39, 0.29) is 0 Å². The number of thioether (sulfide) groups is 1. The first-order chi connectivity index (χ1) is 16.6. The van der Waals surface area contributed by atoms with Gasteiger partial charge in [-0.1, -0.05) is 100 Å². The highest BCUT2D eigenvalue weighted by Gasteiger charge is 2.21. The van der Waals surface area contributed by atoms with Crippen molar-refractivity contribution in [1.82, 2.24) is 0 Å². The van der Waals surface area contributed by atoms with Crippen molar-refractivity contribution >= 4 is 11.8 Å². The largest absolute Gasteiger partial charge is 0.288 e. The van der Waals surface area contributed by atoms with Gasteiger partial charge in [0.2, 0.25) is 0 Å². The number of halogens is 2. The molecular formula is C31H40F2S.